The van der Waals surface area contributed by atoms with Crippen LogP contribution in [0.3, 0.4) is 0 Å². The molecule has 1 aliphatic carbocycles. The fraction of sp³-hybridized carbons (Fsp3) is 0.222. The number of halogens is 1. The molecule has 2 aromatic carbocycles. The maximum Gasteiger partial charge on any atom is 0.305 e. The van der Waals surface area contributed by atoms with Crippen LogP contribution in [0.5, 0.6) is 0 Å². The highest BCUT2D eigenvalue weighted by molar-refractivity contribution is 7.21. The molecular weight excluding hydrogens is 449 g/mol. The van der Waals surface area contributed by atoms with Crippen LogP contribution in [0.15, 0.2) is 72.8 Å². The van der Waals surface area contributed by atoms with Crippen molar-refractivity contribution in [2.24, 2.45) is 0 Å². The maximum atomic E-state index is 15.2. The average molecular weight is 474 g/mol. The van der Waals surface area contributed by atoms with Gasteiger partial charge in [-0.3, -0.25) is 4.79 Å². The number of benzene rings is 2. The minimum Gasteiger partial charge on any atom is -0.481 e. The van der Waals surface area contributed by atoms with Gasteiger partial charge < -0.3 is 10.0 Å². The predicted octanol–water partition coefficient (Wildman–Crippen LogP) is 6.04. The molecule has 0 saturated carbocycles. The van der Waals surface area contributed by atoms with Crippen molar-refractivity contribution in [3.05, 3.63) is 89.9 Å². The Morgan fingerprint density at radius 2 is 1.88 bits per heavy atom. The number of hydrogen-bond acceptors (Lipinski definition) is 5. The number of hydrogen-bond donors (Lipinski definition) is 1. The minimum atomic E-state index is -0.875. The first kappa shape index (κ1) is 22.2. The number of fused-ring (bicyclic) bond motifs is 1. The van der Waals surface area contributed by atoms with Crippen LogP contribution >= 0.6 is 11.3 Å². The largest absolute Gasteiger partial charge is 0.481 e. The molecule has 7 heteroatoms. The van der Waals surface area contributed by atoms with Gasteiger partial charge in [0.05, 0.1) is 17.5 Å². The lowest BCUT2D eigenvalue weighted by atomic mass is 9.89. The van der Waals surface area contributed by atoms with E-state index in [9.17, 15) is 4.79 Å². The summed E-state index contributed by atoms with van der Waals surface area (Å²) in [5, 5.41) is 9.68. The zero-order chi connectivity index (χ0) is 23.9. The molecule has 5 rings (SSSR count). The monoisotopic (exact) mass is 473 g/mol. The van der Waals surface area contributed by atoms with Gasteiger partial charge in [0, 0.05) is 23.8 Å². The van der Waals surface area contributed by atoms with Crippen LogP contribution in [-0.4, -0.2) is 33.6 Å². The maximum absolute atomic E-state index is 15.2. The summed E-state index contributed by atoms with van der Waals surface area (Å²) < 4.78 is 15.2. The van der Waals surface area contributed by atoms with Crippen LogP contribution in [0.25, 0.3) is 20.9 Å². The van der Waals surface area contributed by atoms with Crippen molar-refractivity contribution in [2.45, 2.75) is 31.7 Å². The Labute approximate surface area is 201 Å². The van der Waals surface area contributed by atoms with Crippen molar-refractivity contribution >= 4 is 33.3 Å². The lowest BCUT2D eigenvalue weighted by molar-refractivity contribution is -0.137. The lowest BCUT2D eigenvalue weighted by Gasteiger charge is -2.29. The quantitative estimate of drug-likeness (QED) is 0.316. The molecule has 2 heterocycles. The lowest BCUT2D eigenvalue weighted by Crippen LogP contribution is -2.34. The number of carbonyl (C=O) groups is 1. The van der Waals surface area contributed by atoms with Crippen LogP contribution in [0.2, 0.25) is 0 Å². The van der Waals surface area contributed by atoms with Crippen molar-refractivity contribution in [2.75, 3.05) is 11.4 Å². The second kappa shape index (κ2) is 8.65. The van der Waals surface area contributed by atoms with Gasteiger partial charge in [-0.1, -0.05) is 53.8 Å². The number of nitrogens with zero attached hydrogens (tertiary/aromatic N) is 3. The number of carboxylic acids is 1. The fourth-order valence-corrected chi connectivity index (χ4v) is 5.40. The van der Waals surface area contributed by atoms with E-state index in [0.717, 1.165) is 16.0 Å². The molecule has 1 atom stereocenters. The van der Waals surface area contributed by atoms with E-state index in [1.165, 1.54) is 23.0 Å². The van der Waals surface area contributed by atoms with Gasteiger partial charge in [-0.2, -0.15) is 0 Å². The third kappa shape index (κ3) is 3.96. The molecule has 5 nitrogen and oxygen atoms in total. The first-order valence-corrected chi connectivity index (χ1v) is 12.1. The van der Waals surface area contributed by atoms with Gasteiger partial charge in [0.2, 0.25) is 0 Å². The summed E-state index contributed by atoms with van der Waals surface area (Å²) >= 11 is 1.37. The Bertz CT molecular complexity index is 1390. The van der Waals surface area contributed by atoms with Gasteiger partial charge in [0.1, 0.15) is 21.2 Å². The fourth-order valence-electron chi connectivity index (χ4n) is 4.44. The molecule has 1 aliphatic rings. The van der Waals surface area contributed by atoms with Crippen LogP contribution < -0.4 is 4.90 Å². The normalized spacial score (nSPS) is 14.8. The highest BCUT2D eigenvalue weighted by atomic mass is 32.1. The van der Waals surface area contributed by atoms with Gasteiger partial charge in [-0.25, -0.2) is 14.4 Å². The number of anilines is 1. The second-order valence-corrected chi connectivity index (χ2v) is 9.48. The van der Waals surface area contributed by atoms with E-state index in [2.05, 4.69) is 29.3 Å². The Hall–Kier alpha value is -3.58. The van der Waals surface area contributed by atoms with Crippen molar-refractivity contribution in [1.29, 1.82) is 0 Å². The Kier molecular flexibility index (Phi) is 5.65. The highest BCUT2D eigenvalue weighted by Gasteiger charge is 2.39. The molecule has 0 amide bonds. The summed E-state index contributed by atoms with van der Waals surface area (Å²) in [7, 11) is 0. The van der Waals surface area contributed by atoms with Crippen LogP contribution in [-0.2, 0) is 10.2 Å². The zero-order valence-corrected chi connectivity index (χ0v) is 19.7. The highest BCUT2D eigenvalue weighted by Crippen LogP contribution is 2.45. The molecule has 2 aromatic heterocycles. The standard InChI is InChI=1S/C27H24FN3O2S/c1-3-31(17(2)15-24(32)33)19-9-10-20(21(28)16-19)25-29-22-11-12-23(30-26(22)34-25)27(13-14-27)18-7-5-4-6-8-18/h4-14,16-17H,3,15H2,1-2H3,(H,32,33). The number of allylic oxidation sites excluding steroid dienone is 2. The molecule has 1 N–H and O–H groups in total. The molecule has 0 saturated heterocycles. The topological polar surface area (TPSA) is 66.3 Å². The molecule has 172 valence electrons. The van der Waals surface area contributed by atoms with E-state index < -0.39 is 5.97 Å². The summed E-state index contributed by atoms with van der Waals surface area (Å²) in [6, 6.07) is 18.9. The summed E-state index contributed by atoms with van der Waals surface area (Å²) in [6.07, 6.45) is 4.27. The Balaban J connectivity index is 1.45. The Morgan fingerprint density at radius 3 is 2.53 bits per heavy atom. The number of pyridine rings is 1. The Morgan fingerprint density at radius 1 is 1.12 bits per heavy atom. The average Bonchev–Trinajstić information content (AvgIpc) is 3.52. The zero-order valence-electron chi connectivity index (χ0n) is 18.9. The van der Waals surface area contributed by atoms with Gasteiger partial charge >= 0.3 is 5.97 Å². The SMILES string of the molecule is CCN(c1ccc(-c2nc3ccc(C4(c5ccccc5)C=C4)nc3s2)c(F)c1)C(C)CC(=O)O. The molecular formula is C27H24FN3O2S. The molecule has 0 aliphatic heterocycles. The smallest absolute Gasteiger partial charge is 0.305 e. The minimum absolute atomic E-state index is 0.0115. The van der Waals surface area contributed by atoms with Crippen LogP contribution in [0.1, 0.15) is 31.5 Å². The number of aromatic nitrogens is 2. The van der Waals surface area contributed by atoms with Crippen LogP contribution in [0, 0.1) is 5.82 Å². The summed E-state index contributed by atoms with van der Waals surface area (Å²) in [6.45, 7) is 4.34. The van der Waals surface area contributed by atoms with Crippen molar-refractivity contribution in [1.82, 2.24) is 9.97 Å². The van der Waals surface area contributed by atoms with Crippen molar-refractivity contribution in [3.63, 3.8) is 0 Å². The molecule has 0 spiro atoms. The van der Waals surface area contributed by atoms with E-state index in [4.69, 9.17) is 10.1 Å². The molecule has 4 aromatic rings. The van der Waals surface area contributed by atoms with Crippen molar-refractivity contribution < 1.29 is 14.3 Å². The van der Waals surface area contributed by atoms with E-state index in [1.807, 2.05) is 55.1 Å². The van der Waals surface area contributed by atoms with E-state index in [-0.39, 0.29) is 23.7 Å². The molecule has 0 bridgehead atoms. The second-order valence-electron chi connectivity index (χ2n) is 8.51. The summed E-state index contributed by atoms with van der Waals surface area (Å²) in [5.41, 5.74) is 3.64. The summed E-state index contributed by atoms with van der Waals surface area (Å²) in [5.74, 6) is -1.26. The van der Waals surface area contributed by atoms with E-state index >= 15 is 4.39 Å². The van der Waals surface area contributed by atoms with Crippen molar-refractivity contribution in [3.8, 4) is 10.6 Å². The third-order valence-electron chi connectivity index (χ3n) is 6.29. The number of carboxylic acid groups (broad SMARTS) is 1. The third-order valence-corrected chi connectivity index (χ3v) is 7.29. The first-order chi connectivity index (χ1) is 16.4. The van der Waals surface area contributed by atoms with Gasteiger partial charge in [0.15, 0.2) is 0 Å². The van der Waals surface area contributed by atoms with Gasteiger partial charge in [-0.05, 0) is 49.7 Å². The molecule has 0 fully saturated rings. The van der Waals surface area contributed by atoms with E-state index in [0.29, 0.717) is 22.8 Å². The number of rotatable bonds is 8. The molecule has 34 heavy (non-hydrogen) atoms. The molecule has 1 unspecified atom stereocenters. The summed E-state index contributed by atoms with van der Waals surface area (Å²) in [4.78, 5) is 23.3. The van der Waals surface area contributed by atoms with E-state index in [1.54, 1.807) is 6.07 Å². The first-order valence-electron chi connectivity index (χ1n) is 11.2. The van der Waals surface area contributed by atoms with Crippen LogP contribution in [0.4, 0.5) is 10.1 Å². The number of thiazole rings is 1. The van der Waals surface area contributed by atoms with Gasteiger partial charge in [0.25, 0.3) is 0 Å². The number of aliphatic carboxylic acids is 1. The predicted molar refractivity (Wildman–Crippen MR) is 134 cm³/mol. The molecule has 0 radical (unpaired) electrons. The van der Waals surface area contributed by atoms with Gasteiger partial charge in [-0.15, -0.1) is 0 Å².